The van der Waals surface area contributed by atoms with Gasteiger partial charge in [0, 0.05) is 32.6 Å². The molecule has 0 unspecified atom stereocenters. The Labute approximate surface area is 238 Å². The largest absolute Gasteiger partial charge is 0.309 e. The van der Waals surface area contributed by atoms with Crippen LogP contribution in [0.5, 0.6) is 0 Å². The Morgan fingerprint density at radius 2 is 1.07 bits per heavy atom. The highest BCUT2D eigenvalue weighted by atomic mass is 15.0. The molecular weight excluding hydrogens is 496 g/mol. The zero-order chi connectivity index (χ0) is 27.3. The van der Waals surface area contributed by atoms with Gasteiger partial charge in [-0.05, 0) is 58.7 Å². The van der Waals surface area contributed by atoms with E-state index in [4.69, 9.17) is 0 Å². The molecule has 0 radical (unpaired) electrons. The molecule has 2 heteroatoms. The minimum absolute atomic E-state index is 0.150. The van der Waals surface area contributed by atoms with Gasteiger partial charge in [-0.15, -0.1) is 0 Å². The van der Waals surface area contributed by atoms with Gasteiger partial charge in [-0.2, -0.15) is 0 Å². The van der Waals surface area contributed by atoms with Gasteiger partial charge in [-0.25, -0.2) is 0 Å². The molecule has 0 fully saturated rings. The number of fused-ring (bicyclic) bond motifs is 8. The Balaban J connectivity index is 1.44. The Hall–Kier alpha value is -5.08. The second kappa shape index (κ2) is 7.99. The quantitative estimate of drug-likeness (QED) is 0.213. The Morgan fingerprint density at radius 1 is 0.439 bits per heavy atom. The average molecular weight is 525 g/mol. The van der Waals surface area contributed by atoms with Crippen LogP contribution in [-0.2, 0) is 5.41 Å². The van der Waals surface area contributed by atoms with Crippen molar-refractivity contribution in [2.45, 2.75) is 19.3 Å². The van der Waals surface area contributed by atoms with Crippen LogP contribution in [0.2, 0.25) is 0 Å². The van der Waals surface area contributed by atoms with E-state index in [2.05, 4.69) is 156 Å². The van der Waals surface area contributed by atoms with Crippen LogP contribution in [0.25, 0.3) is 66.1 Å². The van der Waals surface area contributed by atoms with Crippen molar-refractivity contribution < 1.29 is 0 Å². The second-order valence-corrected chi connectivity index (χ2v) is 11.8. The topological polar surface area (TPSA) is 9.86 Å². The lowest BCUT2D eigenvalue weighted by Crippen LogP contribution is -2.26. The van der Waals surface area contributed by atoms with E-state index in [0.29, 0.717) is 0 Å². The molecule has 0 saturated carbocycles. The summed E-state index contributed by atoms with van der Waals surface area (Å²) in [6, 6.07) is 49.1. The molecule has 2 aromatic heterocycles. The molecule has 1 aliphatic rings. The third-order valence-electron chi connectivity index (χ3n) is 9.28. The van der Waals surface area contributed by atoms with E-state index in [1.165, 1.54) is 77.2 Å². The smallest absolute Gasteiger partial charge is 0.0583 e. The third kappa shape index (κ3) is 2.97. The van der Waals surface area contributed by atoms with Crippen molar-refractivity contribution in [1.82, 2.24) is 9.13 Å². The zero-order valence-corrected chi connectivity index (χ0v) is 23.1. The van der Waals surface area contributed by atoms with E-state index < -0.39 is 0 Å². The number of para-hydroxylation sites is 3. The molecule has 0 spiro atoms. The molecule has 0 aliphatic carbocycles. The van der Waals surface area contributed by atoms with E-state index in [0.717, 1.165) is 0 Å². The minimum Gasteiger partial charge on any atom is -0.309 e. The molecule has 0 N–H and O–H groups in total. The molecule has 0 atom stereocenters. The van der Waals surface area contributed by atoms with Gasteiger partial charge in [-0.1, -0.05) is 111 Å². The molecule has 0 saturated heterocycles. The fourth-order valence-electron chi connectivity index (χ4n) is 7.34. The summed E-state index contributed by atoms with van der Waals surface area (Å²) in [6.07, 6.45) is 0. The molecule has 9 rings (SSSR count). The Bertz CT molecular complexity index is 2330. The van der Waals surface area contributed by atoms with Crippen molar-refractivity contribution in [3.05, 3.63) is 145 Å². The van der Waals surface area contributed by atoms with Crippen molar-refractivity contribution in [1.29, 1.82) is 0 Å². The maximum absolute atomic E-state index is 2.49. The molecule has 194 valence electrons. The maximum atomic E-state index is 2.49. The molecule has 6 aromatic carbocycles. The number of benzene rings is 6. The number of aromatic nitrogens is 2. The molecule has 8 aromatic rings. The van der Waals surface area contributed by atoms with Crippen LogP contribution in [0.15, 0.2) is 133 Å². The van der Waals surface area contributed by atoms with Crippen molar-refractivity contribution in [3.63, 3.8) is 0 Å². The molecule has 41 heavy (non-hydrogen) atoms. The fourth-order valence-corrected chi connectivity index (χ4v) is 7.34. The lowest BCUT2D eigenvalue weighted by Gasteiger charge is -2.35. The summed E-state index contributed by atoms with van der Waals surface area (Å²) < 4.78 is 4.97. The van der Waals surface area contributed by atoms with Gasteiger partial charge in [-0.3, -0.25) is 0 Å². The van der Waals surface area contributed by atoms with Crippen LogP contribution in [-0.4, -0.2) is 9.13 Å². The highest BCUT2D eigenvalue weighted by molar-refractivity contribution is 6.14. The van der Waals surface area contributed by atoms with Crippen LogP contribution < -0.4 is 0 Å². The molecule has 0 amide bonds. The van der Waals surface area contributed by atoms with Crippen LogP contribution in [0.1, 0.15) is 25.0 Å². The standard InChI is InChI=1S/C39H28N2/c1-39(2)32-16-8-11-19-36(32)41-35-18-10-7-15-29(35)31-23-27(24-33(39)38(31)41)40-34-17-9-6-14-28(34)30-21-20-26(22-37(30)40)25-12-4-3-5-13-25/h3-24H,1-2H3. The number of nitrogens with zero attached hydrogens (tertiary/aromatic N) is 2. The first-order valence-corrected chi connectivity index (χ1v) is 14.4. The Kier molecular flexibility index (Phi) is 4.42. The summed E-state index contributed by atoms with van der Waals surface area (Å²) in [5, 5.41) is 5.16. The van der Waals surface area contributed by atoms with Gasteiger partial charge >= 0.3 is 0 Å². The van der Waals surface area contributed by atoms with E-state index in [-0.39, 0.29) is 5.41 Å². The highest BCUT2D eigenvalue weighted by Gasteiger charge is 2.35. The highest BCUT2D eigenvalue weighted by Crippen LogP contribution is 2.49. The van der Waals surface area contributed by atoms with E-state index in [9.17, 15) is 0 Å². The predicted molar refractivity (Wildman–Crippen MR) is 173 cm³/mol. The van der Waals surface area contributed by atoms with Crippen LogP contribution in [0, 0.1) is 0 Å². The van der Waals surface area contributed by atoms with Crippen LogP contribution in [0.3, 0.4) is 0 Å². The van der Waals surface area contributed by atoms with Gasteiger partial charge in [0.25, 0.3) is 0 Å². The molecule has 2 nitrogen and oxygen atoms in total. The summed E-state index contributed by atoms with van der Waals surface area (Å²) in [5.74, 6) is 0. The van der Waals surface area contributed by atoms with E-state index in [1.54, 1.807) is 0 Å². The maximum Gasteiger partial charge on any atom is 0.0583 e. The van der Waals surface area contributed by atoms with Crippen molar-refractivity contribution >= 4 is 43.6 Å². The predicted octanol–water partition coefficient (Wildman–Crippen LogP) is 10.2. The van der Waals surface area contributed by atoms with Gasteiger partial charge < -0.3 is 9.13 Å². The zero-order valence-electron chi connectivity index (χ0n) is 23.1. The monoisotopic (exact) mass is 524 g/mol. The van der Waals surface area contributed by atoms with Crippen molar-refractivity contribution in [3.8, 4) is 22.5 Å². The first-order valence-electron chi connectivity index (χ1n) is 14.4. The first kappa shape index (κ1) is 22.7. The molecular formula is C39H28N2. The van der Waals surface area contributed by atoms with Gasteiger partial charge in [0.15, 0.2) is 0 Å². The normalized spacial score (nSPS) is 13.8. The van der Waals surface area contributed by atoms with Crippen LogP contribution in [0.4, 0.5) is 0 Å². The summed E-state index contributed by atoms with van der Waals surface area (Å²) in [6.45, 7) is 4.76. The fraction of sp³-hybridized carbons (Fsp3) is 0.0769. The lowest BCUT2D eigenvalue weighted by atomic mass is 9.74. The van der Waals surface area contributed by atoms with E-state index in [1.807, 2.05) is 0 Å². The van der Waals surface area contributed by atoms with Crippen LogP contribution >= 0.6 is 0 Å². The second-order valence-electron chi connectivity index (χ2n) is 11.8. The SMILES string of the molecule is CC1(C)c2ccccc2-n2c3ccccc3c3cc(-n4c5ccccc5c5ccc(-c6ccccc6)cc54)cc1c32. The average Bonchev–Trinajstić information content (AvgIpc) is 3.53. The first-order chi connectivity index (χ1) is 20.1. The van der Waals surface area contributed by atoms with Crippen molar-refractivity contribution in [2.75, 3.05) is 0 Å². The number of rotatable bonds is 2. The Morgan fingerprint density at radius 3 is 1.88 bits per heavy atom. The van der Waals surface area contributed by atoms with E-state index >= 15 is 0 Å². The van der Waals surface area contributed by atoms with Gasteiger partial charge in [0.1, 0.15) is 0 Å². The lowest BCUT2D eigenvalue weighted by molar-refractivity contribution is 0.630. The summed E-state index contributed by atoms with van der Waals surface area (Å²) >= 11 is 0. The molecule has 3 heterocycles. The summed E-state index contributed by atoms with van der Waals surface area (Å²) in [5.41, 5.74) is 12.6. The number of hydrogen-bond donors (Lipinski definition) is 0. The molecule has 1 aliphatic heterocycles. The summed E-state index contributed by atoms with van der Waals surface area (Å²) in [7, 11) is 0. The number of hydrogen-bond acceptors (Lipinski definition) is 0. The van der Waals surface area contributed by atoms with Gasteiger partial charge in [0.05, 0.1) is 27.8 Å². The third-order valence-corrected chi connectivity index (χ3v) is 9.28. The van der Waals surface area contributed by atoms with Gasteiger partial charge in [0.2, 0.25) is 0 Å². The summed E-state index contributed by atoms with van der Waals surface area (Å²) in [4.78, 5) is 0. The van der Waals surface area contributed by atoms with Crippen molar-refractivity contribution in [2.24, 2.45) is 0 Å². The molecule has 0 bridgehead atoms. The minimum atomic E-state index is -0.150.